The lowest BCUT2D eigenvalue weighted by molar-refractivity contribution is 0.101. The number of hydrogen-bond acceptors (Lipinski definition) is 4. The minimum absolute atomic E-state index is 0.0911. The first-order chi connectivity index (χ1) is 13.2. The molecular weight excluding hydrogens is 356 g/mol. The van der Waals surface area contributed by atoms with E-state index in [4.69, 9.17) is 6.42 Å². The zero-order valence-corrected chi connectivity index (χ0v) is 15.0. The van der Waals surface area contributed by atoms with Crippen LogP contribution in [0, 0.1) is 12.3 Å². The lowest BCUT2D eigenvalue weighted by Crippen LogP contribution is -2.14. The largest absolute Gasteiger partial charge is 0.319 e. The molecule has 0 fully saturated rings. The van der Waals surface area contributed by atoms with E-state index in [1.165, 1.54) is 0 Å². The topological polar surface area (TPSA) is 59.8 Å². The van der Waals surface area contributed by atoms with Crippen LogP contribution in [-0.2, 0) is 0 Å². The molecule has 0 unspecified atom stereocenters. The van der Waals surface area contributed by atoms with E-state index in [0.29, 0.717) is 17.1 Å². The number of hydrogen-bond donors (Lipinski definition) is 1. The van der Waals surface area contributed by atoms with Crippen LogP contribution in [0.25, 0.3) is 16.4 Å². The van der Waals surface area contributed by atoms with Crippen molar-refractivity contribution in [3.8, 4) is 28.7 Å². The average molecular weight is 370 g/mol. The Balaban J connectivity index is 1.71. The highest BCUT2D eigenvalue weighted by atomic mass is 32.1. The van der Waals surface area contributed by atoms with Gasteiger partial charge in [-0.05, 0) is 41.8 Å². The summed E-state index contributed by atoms with van der Waals surface area (Å²) in [5.41, 5.74) is 2.13. The van der Waals surface area contributed by atoms with Gasteiger partial charge in [0.2, 0.25) is 5.82 Å². The molecule has 0 saturated carbocycles. The van der Waals surface area contributed by atoms with E-state index < -0.39 is 5.91 Å². The standard InChI is InChI=1S/C21H14N4OS/c1-2-15-8-6-9-16(14-15)22-21(26)19-23-20(18-12-7-13-27-18)25(24-19)17-10-4-3-5-11-17/h1,3-14H,(H,22,26). The second-order valence-electron chi connectivity index (χ2n) is 5.66. The van der Waals surface area contributed by atoms with Crippen molar-refractivity contribution >= 4 is 22.9 Å². The van der Waals surface area contributed by atoms with Crippen molar-refractivity contribution in [3.63, 3.8) is 0 Å². The van der Waals surface area contributed by atoms with E-state index in [1.807, 2.05) is 47.8 Å². The normalized spacial score (nSPS) is 10.3. The fraction of sp³-hybridized carbons (Fsp3) is 0. The van der Waals surface area contributed by atoms with Gasteiger partial charge in [-0.3, -0.25) is 4.79 Å². The fourth-order valence-electron chi connectivity index (χ4n) is 2.60. The van der Waals surface area contributed by atoms with E-state index >= 15 is 0 Å². The number of amides is 1. The molecule has 0 saturated heterocycles. The maximum atomic E-state index is 12.7. The molecule has 5 nitrogen and oxygen atoms in total. The molecule has 6 heteroatoms. The van der Waals surface area contributed by atoms with Gasteiger partial charge >= 0.3 is 0 Å². The number of anilines is 1. The third-order valence-corrected chi connectivity index (χ3v) is 4.71. The SMILES string of the molecule is C#Cc1cccc(NC(=O)c2nc(-c3cccs3)n(-c3ccccc3)n2)c1. The van der Waals surface area contributed by atoms with Crippen LogP contribution in [-0.4, -0.2) is 20.7 Å². The summed E-state index contributed by atoms with van der Waals surface area (Å²) in [7, 11) is 0. The highest BCUT2D eigenvalue weighted by molar-refractivity contribution is 7.13. The Morgan fingerprint density at radius 1 is 1.07 bits per heavy atom. The summed E-state index contributed by atoms with van der Waals surface area (Å²) in [6.07, 6.45) is 5.41. The molecule has 0 aliphatic carbocycles. The Hall–Kier alpha value is -3.69. The number of carbonyl (C=O) groups is 1. The van der Waals surface area contributed by atoms with Crippen molar-refractivity contribution in [2.75, 3.05) is 5.32 Å². The zero-order chi connectivity index (χ0) is 18.6. The van der Waals surface area contributed by atoms with Crippen molar-refractivity contribution in [2.45, 2.75) is 0 Å². The number of rotatable bonds is 4. The van der Waals surface area contributed by atoms with Crippen molar-refractivity contribution in [1.29, 1.82) is 0 Å². The summed E-state index contributed by atoms with van der Waals surface area (Å²) >= 11 is 1.54. The van der Waals surface area contributed by atoms with Crippen LogP contribution in [0.1, 0.15) is 16.2 Å². The molecule has 0 aliphatic heterocycles. The quantitative estimate of drug-likeness (QED) is 0.547. The molecule has 27 heavy (non-hydrogen) atoms. The molecule has 1 N–H and O–H groups in total. The van der Waals surface area contributed by atoms with Gasteiger partial charge in [0.25, 0.3) is 5.91 Å². The van der Waals surface area contributed by atoms with Crippen molar-refractivity contribution < 1.29 is 4.79 Å². The van der Waals surface area contributed by atoms with E-state index in [9.17, 15) is 4.79 Å². The van der Waals surface area contributed by atoms with Crippen LogP contribution in [0.2, 0.25) is 0 Å². The molecule has 2 aromatic heterocycles. The summed E-state index contributed by atoms with van der Waals surface area (Å²) in [5.74, 6) is 2.87. The number of benzene rings is 2. The molecule has 4 rings (SSSR count). The Labute approximate surface area is 160 Å². The Morgan fingerprint density at radius 3 is 2.67 bits per heavy atom. The molecule has 0 radical (unpaired) electrons. The monoisotopic (exact) mass is 370 g/mol. The lowest BCUT2D eigenvalue weighted by atomic mass is 10.2. The lowest BCUT2D eigenvalue weighted by Gasteiger charge is -2.03. The Bertz CT molecular complexity index is 1120. The van der Waals surface area contributed by atoms with Gasteiger partial charge in [-0.25, -0.2) is 9.67 Å². The highest BCUT2D eigenvalue weighted by Crippen LogP contribution is 2.25. The van der Waals surface area contributed by atoms with E-state index in [0.717, 1.165) is 10.6 Å². The average Bonchev–Trinajstić information content (AvgIpc) is 3.38. The smallest absolute Gasteiger partial charge is 0.295 e. The van der Waals surface area contributed by atoms with Gasteiger partial charge < -0.3 is 5.32 Å². The number of thiophene rings is 1. The van der Waals surface area contributed by atoms with Gasteiger partial charge in [0.05, 0.1) is 10.6 Å². The third kappa shape index (κ3) is 3.50. The first-order valence-electron chi connectivity index (χ1n) is 8.19. The summed E-state index contributed by atoms with van der Waals surface area (Å²) in [6, 6.07) is 20.6. The second-order valence-corrected chi connectivity index (χ2v) is 6.61. The maximum Gasteiger partial charge on any atom is 0.295 e. The van der Waals surface area contributed by atoms with Gasteiger partial charge in [-0.15, -0.1) is 22.9 Å². The Morgan fingerprint density at radius 2 is 1.93 bits per heavy atom. The molecule has 0 spiro atoms. The number of carbonyl (C=O) groups excluding carboxylic acids is 1. The van der Waals surface area contributed by atoms with Crippen molar-refractivity contribution in [1.82, 2.24) is 14.8 Å². The molecule has 2 heterocycles. The molecule has 4 aromatic rings. The summed E-state index contributed by atoms with van der Waals surface area (Å²) < 4.78 is 1.68. The van der Waals surface area contributed by atoms with Crippen LogP contribution in [0.15, 0.2) is 72.1 Å². The molecule has 1 amide bonds. The predicted octanol–water partition coefficient (Wildman–Crippen LogP) is 4.23. The van der Waals surface area contributed by atoms with E-state index in [1.54, 1.807) is 40.3 Å². The van der Waals surface area contributed by atoms with Gasteiger partial charge in [0.1, 0.15) is 0 Å². The summed E-state index contributed by atoms with van der Waals surface area (Å²) in [6.45, 7) is 0. The van der Waals surface area contributed by atoms with Crippen molar-refractivity contribution in [3.05, 3.63) is 83.5 Å². The van der Waals surface area contributed by atoms with Crippen LogP contribution in [0.3, 0.4) is 0 Å². The predicted molar refractivity (Wildman–Crippen MR) is 107 cm³/mol. The molecule has 2 aromatic carbocycles. The van der Waals surface area contributed by atoms with Gasteiger partial charge in [-0.1, -0.05) is 36.3 Å². The minimum atomic E-state index is -0.392. The third-order valence-electron chi connectivity index (χ3n) is 3.84. The zero-order valence-electron chi connectivity index (χ0n) is 14.2. The number of aromatic nitrogens is 3. The summed E-state index contributed by atoms with van der Waals surface area (Å²) in [5, 5.41) is 9.20. The van der Waals surface area contributed by atoms with Gasteiger partial charge in [-0.2, -0.15) is 0 Å². The molecule has 130 valence electrons. The fourth-order valence-corrected chi connectivity index (χ4v) is 3.29. The molecule has 0 bridgehead atoms. The van der Waals surface area contributed by atoms with Crippen LogP contribution < -0.4 is 5.32 Å². The maximum absolute atomic E-state index is 12.7. The highest BCUT2D eigenvalue weighted by Gasteiger charge is 2.19. The van der Waals surface area contributed by atoms with Crippen molar-refractivity contribution in [2.24, 2.45) is 0 Å². The molecular formula is C21H14N4OS. The van der Waals surface area contributed by atoms with Gasteiger partial charge in [0, 0.05) is 11.3 Å². The summed E-state index contributed by atoms with van der Waals surface area (Å²) in [4.78, 5) is 18.1. The second kappa shape index (κ2) is 7.28. The van der Waals surface area contributed by atoms with E-state index in [-0.39, 0.29) is 5.82 Å². The molecule has 0 atom stereocenters. The van der Waals surface area contributed by atoms with Crippen LogP contribution in [0.5, 0.6) is 0 Å². The van der Waals surface area contributed by atoms with E-state index in [2.05, 4.69) is 21.3 Å². The van der Waals surface area contributed by atoms with Crippen LogP contribution >= 0.6 is 11.3 Å². The number of para-hydroxylation sites is 1. The molecule has 0 aliphatic rings. The van der Waals surface area contributed by atoms with Gasteiger partial charge in [0.15, 0.2) is 5.82 Å². The Kier molecular flexibility index (Phi) is 4.52. The number of nitrogens with one attached hydrogen (secondary N) is 1. The number of terminal acetylenes is 1. The minimum Gasteiger partial charge on any atom is -0.319 e. The van der Waals surface area contributed by atoms with Crippen LogP contribution in [0.4, 0.5) is 5.69 Å². The number of nitrogens with zero attached hydrogens (tertiary/aromatic N) is 3. The first-order valence-corrected chi connectivity index (χ1v) is 9.07. The first kappa shape index (κ1) is 16.8.